The molecule has 2 aromatic carbocycles. The number of halogens is 1. The average molecular weight is 399 g/mol. The normalized spacial score (nSPS) is 14.4. The van der Waals surface area contributed by atoms with Gasteiger partial charge in [0.2, 0.25) is 0 Å². The van der Waals surface area contributed by atoms with E-state index >= 15 is 0 Å². The summed E-state index contributed by atoms with van der Waals surface area (Å²) in [7, 11) is 0. The van der Waals surface area contributed by atoms with Crippen LogP contribution >= 0.6 is 11.8 Å². The van der Waals surface area contributed by atoms with Gasteiger partial charge in [-0.2, -0.15) is 11.8 Å². The van der Waals surface area contributed by atoms with Crippen LogP contribution in [0.1, 0.15) is 15.9 Å². The van der Waals surface area contributed by atoms with Gasteiger partial charge in [0.25, 0.3) is 11.5 Å². The van der Waals surface area contributed by atoms with Crippen LogP contribution in [0.15, 0.2) is 52.1 Å². The third kappa shape index (κ3) is 3.47. The summed E-state index contributed by atoms with van der Waals surface area (Å²) in [6.45, 7) is 1.31. The van der Waals surface area contributed by atoms with E-state index in [1.807, 2.05) is 0 Å². The summed E-state index contributed by atoms with van der Waals surface area (Å²) in [6.07, 6.45) is 0. The Labute approximate surface area is 164 Å². The van der Waals surface area contributed by atoms with Crippen LogP contribution in [0.4, 0.5) is 4.39 Å². The van der Waals surface area contributed by atoms with Crippen molar-refractivity contribution in [3.63, 3.8) is 0 Å². The first kappa shape index (κ1) is 18.5. The van der Waals surface area contributed by atoms with E-state index < -0.39 is 17.1 Å². The van der Waals surface area contributed by atoms with Gasteiger partial charge in [0, 0.05) is 24.6 Å². The molecule has 0 aliphatic carbocycles. The van der Waals surface area contributed by atoms with E-state index in [9.17, 15) is 18.8 Å². The quantitative estimate of drug-likeness (QED) is 0.732. The van der Waals surface area contributed by atoms with Crippen molar-refractivity contribution in [2.75, 3.05) is 24.6 Å². The van der Waals surface area contributed by atoms with Crippen molar-refractivity contribution < 1.29 is 9.18 Å². The Bertz CT molecular complexity index is 1170. The molecule has 8 heteroatoms. The third-order valence-corrected chi connectivity index (χ3v) is 5.75. The number of thioether (sulfide) groups is 1. The number of nitrogens with one attached hydrogen (secondary N) is 1. The fourth-order valence-electron chi connectivity index (χ4n) is 3.35. The number of benzene rings is 2. The molecular formula is C20H18FN3O3S. The Morgan fingerprint density at radius 2 is 1.86 bits per heavy atom. The van der Waals surface area contributed by atoms with Gasteiger partial charge < -0.3 is 4.90 Å². The molecule has 0 radical (unpaired) electrons. The van der Waals surface area contributed by atoms with Gasteiger partial charge in [-0.1, -0.05) is 18.2 Å². The van der Waals surface area contributed by atoms with Gasteiger partial charge in [0.15, 0.2) is 0 Å². The van der Waals surface area contributed by atoms with Gasteiger partial charge in [-0.05, 0) is 29.8 Å². The Morgan fingerprint density at radius 3 is 2.64 bits per heavy atom. The van der Waals surface area contributed by atoms with Crippen LogP contribution in [0.3, 0.4) is 0 Å². The van der Waals surface area contributed by atoms with Crippen molar-refractivity contribution in [1.29, 1.82) is 0 Å². The number of fused-ring (bicyclic) bond motifs is 1. The highest BCUT2D eigenvalue weighted by Gasteiger charge is 2.22. The number of carbonyl (C=O) groups is 1. The number of aromatic nitrogens is 2. The molecule has 1 N–H and O–H groups in total. The third-order valence-electron chi connectivity index (χ3n) is 4.81. The number of aromatic amines is 1. The van der Waals surface area contributed by atoms with Crippen LogP contribution < -0.4 is 11.2 Å². The van der Waals surface area contributed by atoms with Crippen LogP contribution in [0.25, 0.3) is 10.9 Å². The zero-order valence-electron chi connectivity index (χ0n) is 15.0. The van der Waals surface area contributed by atoms with E-state index in [2.05, 4.69) is 4.98 Å². The SMILES string of the molecule is O=C(c1cc(Cn2c(=O)[nH]c(=O)c3ccccc32)ccc1F)N1CCSCC1. The lowest BCUT2D eigenvalue weighted by Crippen LogP contribution is -2.38. The second-order valence-electron chi connectivity index (χ2n) is 6.58. The molecule has 1 amide bonds. The molecule has 1 aliphatic rings. The lowest BCUT2D eigenvalue weighted by molar-refractivity contribution is 0.0767. The Kier molecular flexibility index (Phi) is 5.04. The summed E-state index contributed by atoms with van der Waals surface area (Å²) < 4.78 is 15.7. The minimum absolute atomic E-state index is 0.00572. The number of rotatable bonds is 3. The summed E-state index contributed by atoms with van der Waals surface area (Å²) in [6, 6.07) is 11.1. The van der Waals surface area contributed by atoms with Crippen LogP contribution in [0, 0.1) is 5.82 Å². The summed E-state index contributed by atoms with van der Waals surface area (Å²) in [5.74, 6) is 0.765. The Balaban J connectivity index is 1.72. The highest BCUT2D eigenvalue weighted by molar-refractivity contribution is 7.99. The van der Waals surface area contributed by atoms with Crippen molar-refractivity contribution in [3.05, 3.63) is 80.2 Å². The topological polar surface area (TPSA) is 75.2 Å². The molecule has 0 bridgehead atoms. The number of hydrogen-bond donors (Lipinski definition) is 1. The van der Waals surface area contributed by atoms with Crippen molar-refractivity contribution in [2.45, 2.75) is 6.54 Å². The van der Waals surface area contributed by atoms with E-state index in [0.717, 1.165) is 11.5 Å². The molecule has 0 spiro atoms. The molecular weight excluding hydrogens is 381 g/mol. The second-order valence-corrected chi connectivity index (χ2v) is 7.81. The fourth-order valence-corrected chi connectivity index (χ4v) is 4.26. The monoisotopic (exact) mass is 399 g/mol. The molecule has 4 rings (SSSR count). The number of H-pyrrole nitrogens is 1. The summed E-state index contributed by atoms with van der Waals surface area (Å²) >= 11 is 1.77. The first-order chi connectivity index (χ1) is 13.5. The lowest BCUT2D eigenvalue weighted by Gasteiger charge is -2.26. The van der Waals surface area contributed by atoms with E-state index in [-0.39, 0.29) is 18.0 Å². The predicted octanol–water partition coefficient (Wildman–Crippen LogP) is 2.07. The maximum Gasteiger partial charge on any atom is 0.329 e. The number of nitrogens with zero attached hydrogens (tertiary/aromatic N) is 2. The smallest absolute Gasteiger partial charge is 0.329 e. The zero-order valence-corrected chi connectivity index (χ0v) is 15.8. The first-order valence-electron chi connectivity index (χ1n) is 8.92. The summed E-state index contributed by atoms with van der Waals surface area (Å²) in [5, 5.41) is 0.395. The molecule has 0 saturated carbocycles. The molecule has 2 heterocycles. The van der Waals surface area contributed by atoms with E-state index in [1.165, 1.54) is 16.7 Å². The molecule has 6 nitrogen and oxygen atoms in total. The molecule has 1 aromatic heterocycles. The molecule has 0 atom stereocenters. The highest BCUT2D eigenvalue weighted by atomic mass is 32.2. The van der Waals surface area contributed by atoms with Gasteiger partial charge in [-0.25, -0.2) is 9.18 Å². The summed E-state index contributed by atoms with van der Waals surface area (Å²) in [5.41, 5.74) is 0.104. The van der Waals surface area contributed by atoms with Gasteiger partial charge in [-0.3, -0.25) is 19.1 Å². The van der Waals surface area contributed by atoms with Crippen molar-refractivity contribution in [3.8, 4) is 0 Å². The fraction of sp³-hybridized carbons (Fsp3) is 0.250. The molecule has 144 valence electrons. The van der Waals surface area contributed by atoms with Crippen molar-refractivity contribution in [2.24, 2.45) is 0 Å². The number of amides is 1. The highest BCUT2D eigenvalue weighted by Crippen LogP contribution is 2.18. The van der Waals surface area contributed by atoms with E-state index in [4.69, 9.17) is 0 Å². The standard InChI is InChI=1S/C20H18FN3O3S/c21-16-6-5-13(11-15(16)19(26)23-7-9-28-10-8-23)12-24-17-4-2-1-3-14(17)18(25)22-20(24)27/h1-6,11H,7-10,12H2,(H,22,25,27). The number of hydrogen-bond acceptors (Lipinski definition) is 4. The Hall–Kier alpha value is -2.87. The second kappa shape index (κ2) is 7.63. The maximum atomic E-state index is 14.3. The first-order valence-corrected chi connectivity index (χ1v) is 10.1. The molecule has 1 fully saturated rings. The van der Waals surface area contributed by atoms with Crippen LogP contribution in [-0.4, -0.2) is 45.0 Å². The van der Waals surface area contributed by atoms with Crippen molar-refractivity contribution in [1.82, 2.24) is 14.5 Å². The lowest BCUT2D eigenvalue weighted by atomic mass is 10.1. The van der Waals surface area contributed by atoms with Crippen LogP contribution in [-0.2, 0) is 6.54 Å². The largest absolute Gasteiger partial charge is 0.337 e. The molecule has 1 aliphatic heterocycles. The number of carbonyl (C=O) groups excluding carboxylic acids is 1. The van der Waals surface area contributed by atoms with Gasteiger partial charge in [-0.15, -0.1) is 0 Å². The molecule has 3 aromatic rings. The minimum Gasteiger partial charge on any atom is -0.337 e. The Morgan fingerprint density at radius 1 is 1.11 bits per heavy atom. The van der Waals surface area contributed by atoms with E-state index in [0.29, 0.717) is 29.6 Å². The predicted molar refractivity (Wildman–Crippen MR) is 108 cm³/mol. The minimum atomic E-state index is -0.578. The number of para-hydroxylation sites is 1. The van der Waals surface area contributed by atoms with Gasteiger partial charge in [0.05, 0.1) is 23.0 Å². The van der Waals surface area contributed by atoms with Crippen LogP contribution in [0.2, 0.25) is 0 Å². The summed E-state index contributed by atoms with van der Waals surface area (Å²) in [4.78, 5) is 41.0. The van der Waals surface area contributed by atoms with E-state index in [1.54, 1.807) is 47.0 Å². The molecule has 0 unspecified atom stereocenters. The van der Waals surface area contributed by atoms with Gasteiger partial charge >= 0.3 is 5.69 Å². The van der Waals surface area contributed by atoms with Gasteiger partial charge in [0.1, 0.15) is 5.82 Å². The molecule has 1 saturated heterocycles. The average Bonchev–Trinajstić information content (AvgIpc) is 2.72. The molecule has 28 heavy (non-hydrogen) atoms. The maximum absolute atomic E-state index is 14.3. The van der Waals surface area contributed by atoms with Crippen molar-refractivity contribution >= 4 is 28.6 Å². The van der Waals surface area contributed by atoms with Crippen LogP contribution in [0.5, 0.6) is 0 Å². The zero-order chi connectivity index (χ0) is 19.7.